The maximum atomic E-state index is 12.7. The molecule has 0 aliphatic heterocycles. The molecule has 0 bridgehead atoms. The molecule has 1 amide bonds. The van der Waals surface area contributed by atoms with E-state index in [0.717, 1.165) is 16.6 Å². The van der Waals surface area contributed by atoms with E-state index in [0.29, 0.717) is 25.3 Å². The molecule has 0 saturated heterocycles. The highest BCUT2D eigenvalue weighted by atomic mass is 16.3. The summed E-state index contributed by atoms with van der Waals surface area (Å²) in [6, 6.07) is 8.01. The quantitative estimate of drug-likeness (QED) is 0.537. The number of amides is 1. The average Bonchev–Trinajstić information content (AvgIpc) is 3.19. The minimum Gasteiger partial charge on any atom is -0.442 e. The highest BCUT2D eigenvalue weighted by molar-refractivity contribution is 6.06. The Morgan fingerprint density at radius 1 is 1.25 bits per heavy atom. The van der Waals surface area contributed by atoms with E-state index >= 15 is 0 Å². The van der Waals surface area contributed by atoms with Gasteiger partial charge in [0.15, 0.2) is 0 Å². The molecular weight excluding hydrogens is 358 g/mol. The zero-order valence-corrected chi connectivity index (χ0v) is 16.0. The van der Waals surface area contributed by atoms with Gasteiger partial charge in [0.1, 0.15) is 17.5 Å². The van der Waals surface area contributed by atoms with Crippen LogP contribution in [0.15, 0.2) is 39.8 Å². The molecule has 0 aliphatic rings. The van der Waals surface area contributed by atoms with Crippen molar-refractivity contribution in [3.05, 3.63) is 58.0 Å². The molecule has 0 unspecified atom stereocenters. The molecule has 8 nitrogen and oxygen atoms in total. The molecule has 1 aromatic carbocycles. The molecule has 0 saturated carbocycles. The molecule has 28 heavy (non-hydrogen) atoms. The summed E-state index contributed by atoms with van der Waals surface area (Å²) >= 11 is 0. The minimum atomic E-state index is -0.330. The van der Waals surface area contributed by atoms with Crippen molar-refractivity contribution in [2.24, 2.45) is 7.05 Å². The predicted molar refractivity (Wildman–Crippen MR) is 105 cm³/mol. The summed E-state index contributed by atoms with van der Waals surface area (Å²) in [5.74, 6) is 0.0566. The number of carbonyl (C=O) groups is 1. The summed E-state index contributed by atoms with van der Waals surface area (Å²) in [7, 11) is 1.59. The molecule has 0 spiro atoms. The Hall–Kier alpha value is -3.42. The lowest BCUT2D eigenvalue weighted by molar-refractivity contribution is 0.0952. The van der Waals surface area contributed by atoms with Gasteiger partial charge in [-0.15, -0.1) is 0 Å². The number of carbonyl (C=O) groups excluding carboxylic acids is 1. The molecule has 3 heterocycles. The van der Waals surface area contributed by atoms with E-state index in [4.69, 9.17) is 4.42 Å². The van der Waals surface area contributed by atoms with Gasteiger partial charge in [0.2, 0.25) is 5.71 Å². The van der Waals surface area contributed by atoms with Crippen LogP contribution in [0.25, 0.3) is 22.0 Å². The molecule has 4 rings (SSSR count). The number of aromatic nitrogens is 4. The number of furan rings is 1. The van der Waals surface area contributed by atoms with Crippen molar-refractivity contribution in [3.63, 3.8) is 0 Å². The van der Waals surface area contributed by atoms with E-state index in [-0.39, 0.29) is 28.1 Å². The molecule has 0 radical (unpaired) electrons. The summed E-state index contributed by atoms with van der Waals surface area (Å²) in [4.78, 5) is 29.1. The molecule has 3 aromatic heterocycles. The first-order valence-corrected chi connectivity index (χ1v) is 9.12. The first kappa shape index (κ1) is 18.0. The number of nitrogens with one attached hydrogen (secondary N) is 1. The van der Waals surface area contributed by atoms with Crippen LogP contribution in [0.1, 0.15) is 28.2 Å². The SMILES string of the molecule is Cc1oc2ncn(C)c(=O)c2c1C(=O)NCCCn1nc2ccccc2c1C. The van der Waals surface area contributed by atoms with E-state index in [2.05, 4.69) is 21.5 Å². The summed E-state index contributed by atoms with van der Waals surface area (Å²) in [5, 5.41) is 8.82. The first-order chi connectivity index (χ1) is 13.5. The highest BCUT2D eigenvalue weighted by Gasteiger charge is 2.22. The smallest absolute Gasteiger partial charge is 0.265 e. The molecule has 1 N–H and O–H groups in total. The number of hydrogen-bond acceptors (Lipinski definition) is 5. The second kappa shape index (κ2) is 6.95. The van der Waals surface area contributed by atoms with Crippen LogP contribution < -0.4 is 10.9 Å². The molecule has 4 aromatic rings. The Labute approximate surface area is 160 Å². The van der Waals surface area contributed by atoms with Gasteiger partial charge in [-0.05, 0) is 26.3 Å². The average molecular weight is 379 g/mol. The predicted octanol–water partition coefficient (Wildman–Crippen LogP) is 2.31. The van der Waals surface area contributed by atoms with Gasteiger partial charge in [0.25, 0.3) is 11.5 Å². The van der Waals surface area contributed by atoms with Crippen molar-refractivity contribution < 1.29 is 9.21 Å². The Morgan fingerprint density at radius 3 is 2.82 bits per heavy atom. The van der Waals surface area contributed by atoms with Crippen molar-refractivity contribution in [3.8, 4) is 0 Å². The van der Waals surface area contributed by atoms with Crippen LogP contribution in [0, 0.1) is 13.8 Å². The van der Waals surface area contributed by atoms with E-state index in [1.807, 2.05) is 29.8 Å². The van der Waals surface area contributed by atoms with Crippen molar-refractivity contribution >= 4 is 27.9 Å². The fourth-order valence-electron chi connectivity index (χ4n) is 3.41. The molecule has 8 heteroatoms. The van der Waals surface area contributed by atoms with Crippen molar-refractivity contribution in [1.29, 1.82) is 0 Å². The molecular formula is C20H21N5O3. The Balaban J connectivity index is 1.46. The van der Waals surface area contributed by atoms with Crippen LogP contribution >= 0.6 is 0 Å². The van der Waals surface area contributed by atoms with Gasteiger partial charge < -0.3 is 14.3 Å². The van der Waals surface area contributed by atoms with Gasteiger partial charge >= 0.3 is 0 Å². The fourth-order valence-corrected chi connectivity index (χ4v) is 3.41. The van der Waals surface area contributed by atoms with Crippen LogP contribution in [-0.4, -0.2) is 31.8 Å². The van der Waals surface area contributed by atoms with E-state index in [1.54, 1.807) is 14.0 Å². The van der Waals surface area contributed by atoms with Crippen molar-refractivity contribution in [1.82, 2.24) is 24.6 Å². The van der Waals surface area contributed by atoms with Crippen LogP contribution in [-0.2, 0) is 13.6 Å². The second-order valence-electron chi connectivity index (χ2n) is 6.81. The summed E-state index contributed by atoms with van der Waals surface area (Å²) in [6.07, 6.45) is 2.09. The van der Waals surface area contributed by atoms with E-state index in [9.17, 15) is 9.59 Å². The Bertz CT molecular complexity index is 1250. The van der Waals surface area contributed by atoms with E-state index < -0.39 is 0 Å². The van der Waals surface area contributed by atoms with Crippen molar-refractivity contribution in [2.75, 3.05) is 6.54 Å². The van der Waals surface area contributed by atoms with Gasteiger partial charge in [-0.1, -0.05) is 18.2 Å². The zero-order chi connectivity index (χ0) is 19.8. The van der Waals surface area contributed by atoms with Gasteiger partial charge in [0.05, 0.1) is 11.1 Å². The second-order valence-corrected chi connectivity index (χ2v) is 6.81. The number of aryl methyl sites for hydroxylation is 4. The standard InChI is InChI=1S/C20H21N5O3/c1-12-14-7-4-5-8-15(14)23-25(12)10-6-9-21-18(26)16-13(2)28-19-17(16)20(27)24(3)11-22-19/h4-5,7-8,11H,6,9-10H2,1-3H3,(H,21,26). The normalized spacial score (nSPS) is 11.4. The third kappa shape index (κ3) is 2.96. The van der Waals surface area contributed by atoms with Crippen LogP contribution in [0.2, 0.25) is 0 Å². The summed E-state index contributed by atoms with van der Waals surface area (Å²) in [5.41, 5.74) is 2.21. The lowest BCUT2D eigenvalue weighted by atomic mass is 10.1. The number of nitrogens with zero attached hydrogens (tertiary/aromatic N) is 4. The largest absolute Gasteiger partial charge is 0.442 e. The fraction of sp³-hybridized carbons (Fsp3) is 0.300. The van der Waals surface area contributed by atoms with Gasteiger partial charge in [-0.2, -0.15) is 5.10 Å². The first-order valence-electron chi connectivity index (χ1n) is 9.12. The maximum Gasteiger partial charge on any atom is 0.265 e. The lowest BCUT2D eigenvalue weighted by Crippen LogP contribution is -2.27. The van der Waals surface area contributed by atoms with Crippen LogP contribution in [0.3, 0.4) is 0 Å². The number of rotatable bonds is 5. The molecule has 144 valence electrons. The van der Waals surface area contributed by atoms with Crippen LogP contribution in [0.5, 0.6) is 0 Å². The topological polar surface area (TPSA) is 95.0 Å². The molecule has 0 fully saturated rings. The zero-order valence-electron chi connectivity index (χ0n) is 16.0. The summed E-state index contributed by atoms with van der Waals surface area (Å²) in [6.45, 7) is 4.85. The number of fused-ring (bicyclic) bond motifs is 2. The molecule has 0 aliphatic carbocycles. The lowest BCUT2D eigenvalue weighted by Gasteiger charge is -2.06. The monoisotopic (exact) mass is 379 g/mol. The summed E-state index contributed by atoms with van der Waals surface area (Å²) < 4.78 is 8.77. The minimum absolute atomic E-state index is 0.185. The van der Waals surface area contributed by atoms with Crippen LogP contribution in [0.4, 0.5) is 0 Å². The molecule has 0 atom stereocenters. The third-order valence-electron chi connectivity index (χ3n) is 4.92. The van der Waals surface area contributed by atoms with Crippen molar-refractivity contribution in [2.45, 2.75) is 26.8 Å². The number of hydrogen-bond donors (Lipinski definition) is 1. The highest BCUT2D eigenvalue weighted by Crippen LogP contribution is 2.20. The van der Waals surface area contributed by atoms with Gasteiger partial charge in [-0.3, -0.25) is 14.3 Å². The van der Waals surface area contributed by atoms with Gasteiger partial charge in [0, 0.05) is 31.2 Å². The third-order valence-corrected chi connectivity index (χ3v) is 4.92. The maximum absolute atomic E-state index is 12.7. The number of benzene rings is 1. The van der Waals surface area contributed by atoms with E-state index in [1.165, 1.54) is 10.9 Å². The Kier molecular flexibility index (Phi) is 4.46. The van der Waals surface area contributed by atoms with Gasteiger partial charge in [-0.25, -0.2) is 4.98 Å². The Morgan fingerprint density at radius 2 is 2.04 bits per heavy atom.